The second-order valence-corrected chi connectivity index (χ2v) is 4.44. The van der Waals surface area contributed by atoms with Gasteiger partial charge in [0.1, 0.15) is 5.75 Å². The Kier molecular flexibility index (Phi) is 5.65. The average molecular weight is 251 g/mol. The molecule has 0 bridgehead atoms. The van der Waals surface area contributed by atoms with Crippen molar-refractivity contribution >= 4 is 5.91 Å². The molecule has 1 rings (SSSR count). The number of rotatable bonds is 6. The molecule has 4 nitrogen and oxygen atoms in total. The zero-order valence-corrected chi connectivity index (χ0v) is 11.4. The number of methoxy groups -OCH3 is 1. The third-order valence-corrected chi connectivity index (χ3v) is 2.48. The van der Waals surface area contributed by atoms with Gasteiger partial charge in [-0.3, -0.25) is 4.79 Å². The van der Waals surface area contributed by atoms with Gasteiger partial charge in [-0.2, -0.15) is 0 Å². The molecule has 100 valence electrons. The molecule has 1 N–H and O–H groups in total. The summed E-state index contributed by atoms with van der Waals surface area (Å²) in [6, 6.07) is 7.62. The largest absolute Gasteiger partial charge is 0.481 e. The van der Waals surface area contributed by atoms with Crippen molar-refractivity contribution in [2.24, 2.45) is 0 Å². The predicted molar refractivity (Wildman–Crippen MR) is 70.7 cm³/mol. The van der Waals surface area contributed by atoms with E-state index < -0.39 is 6.10 Å². The summed E-state index contributed by atoms with van der Waals surface area (Å²) in [5.74, 6) is 0.568. The quantitative estimate of drug-likeness (QED) is 0.840. The molecule has 0 heterocycles. The van der Waals surface area contributed by atoms with Gasteiger partial charge >= 0.3 is 0 Å². The van der Waals surface area contributed by atoms with Gasteiger partial charge in [-0.15, -0.1) is 0 Å². The van der Waals surface area contributed by atoms with Crippen LogP contribution in [0.5, 0.6) is 5.75 Å². The van der Waals surface area contributed by atoms with Crippen LogP contribution in [0.2, 0.25) is 0 Å². The Bertz CT molecular complexity index is 392. The van der Waals surface area contributed by atoms with Crippen LogP contribution < -0.4 is 10.1 Å². The van der Waals surface area contributed by atoms with Crippen LogP contribution in [0.4, 0.5) is 0 Å². The molecular weight excluding hydrogens is 230 g/mol. The van der Waals surface area contributed by atoms with Crippen molar-refractivity contribution in [3.05, 3.63) is 29.8 Å². The lowest BCUT2D eigenvalue weighted by Gasteiger charge is -2.18. The van der Waals surface area contributed by atoms with Gasteiger partial charge in [0.05, 0.1) is 6.61 Å². The van der Waals surface area contributed by atoms with Gasteiger partial charge in [-0.1, -0.05) is 12.1 Å². The van der Waals surface area contributed by atoms with Gasteiger partial charge in [0.15, 0.2) is 6.10 Å². The van der Waals surface area contributed by atoms with Gasteiger partial charge in [0.2, 0.25) is 0 Å². The molecule has 2 atom stereocenters. The molecule has 0 aliphatic heterocycles. The second-order valence-electron chi connectivity index (χ2n) is 4.44. The molecule has 1 aromatic carbocycles. The van der Waals surface area contributed by atoms with E-state index in [9.17, 15) is 4.79 Å². The van der Waals surface area contributed by atoms with E-state index in [1.807, 2.05) is 38.1 Å². The van der Waals surface area contributed by atoms with Gasteiger partial charge in [0.25, 0.3) is 5.91 Å². The fourth-order valence-electron chi connectivity index (χ4n) is 1.60. The summed E-state index contributed by atoms with van der Waals surface area (Å²) in [6.07, 6.45) is -0.522. The molecule has 0 saturated heterocycles. The van der Waals surface area contributed by atoms with E-state index in [0.29, 0.717) is 12.4 Å². The molecular formula is C14H21NO3. The first-order valence-corrected chi connectivity index (χ1v) is 6.05. The Morgan fingerprint density at radius 2 is 2.11 bits per heavy atom. The number of amides is 1. The number of carbonyl (C=O) groups is 1. The summed E-state index contributed by atoms with van der Waals surface area (Å²) in [4.78, 5) is 11.8. The second kappa shape index (κ2) is 7.01. The highest BCUT2D eigenvalue weighted by Gasteiger charge is 2.16. The fraction of sp³-hybridized carbons (Fsp3) is 0.500. The predicted octanol–water partition coefficient (Wildman–Crippen LogP) is 1.91. The van der Waals surface area contributed by atoms with Crippen molar-refractivity contribution in [3.8, 4) is 5.75 Å². The number of benzene rings is 1. The van der Waals surface area contributed by atoms with Crippen molar-refractivity contribution in [1.29, 1.82) is 0 Å². The van der Waals surface area contributed by atoms with Gasteiger partial charge in [-0.25, -0.2) is 0 Å². The molecule has 4 heteroatoms. The maximum Gasteiger partial charge on any atom is 0.261 e. The summed E-state index contributed by atoms with van der Waals surface area (Å²) >= 11 is 0. The van der Waals surface area contributed by atoms with E-state index in [1.54, 1.807) is 14.0 Å². The van der Waals surface area contributed by atoms with Crippen LogP contribution in [0.25, 0.3) is 0 Å². The van der Waals surface area contributed by atoms with Gasteiger partial charge in [0, 0.05) is 13.2 Å². The molecule has 18 heavy (non-hydrogen) atoms. The molecule has 0 fully saturated rings. The Labute approximate surface area is 108 Å². The number of nitrogens with one attached hydrogen (secondary N) is 1. The van der Waals surface area contributed by atoms with Crippen LogP contribution in [-0.2, 0) is 9.53 Å². The van der Waals surface area contributed by atoms with Crippen molar-refractivity contribution in [2.75, 3.05) is 13.7 Å². The molecule has 0 aromatic heterocycles. The van der Waals surface area contributed by atoms with E-state index in [-0.39, 0.29) is 11.9 Å². The molecule has 0 radical (unpaired) electrons. The maximum absolute atomic E-state index is 11.8. The molecule has 0 saturated carbocycles. The lowest BCUT2D eigenvalue weighted by molar-refractivity contribution is -0.128. The smallest absolute Gasteiger partial charge is 0.261 e. The third-order valence-electron chi connectivity index (χ3n) is 2.48. The van der Waals surface area contributed by atoms with E-state index in [1.165, 1.54) is 0 Å². The number of hydrogen-bond donors (Lipinski definition) is 1. The van der Waals surface area contributed by atoms with Gasteiger partial charge < -0.3 is 14.8 Å². The van der Waals surface area contributed by atoms with Crippen molar-refractivity contribution < 1.29 is 14.3 Å². The topological polar surface area (TPSA) is 47.6 Å². The van der Waals surface area contributed by atoms with Crippen molar-refractivity contribution in [1.82, 2.24) is 5.32 Å². The highest BCUT2D eigenvalue weighted by atomic mass is 16.5. The van der Waals surface area contributed by atoms with Crippen LogP contribution in [0.1, 0.15) is 19.4 Å². The summed E-state index contributed by atoms with van der Waals surface area (Å²) in [5, 5.41) is 2.83. The normalized spacial score (nSPS) is 13.8. The first-order chi connectivity index (χ1) is 8.52. The standard InChI is InChI=1S/C14H21NO3/c1-10-6-5-7-13(8-10)18-12(3)14(16)15-11(2)9-17-4/h5-8,11-12H,9H2,1-4H3,(H,15,16). The molecule has 2 unspecified atom stereocenters. The Balaban J connectivity index is 2.49. The number of carbonyl (C=O) groups excluding carboxylic acids is 1. The summed E-state index contributed by atoms with van der Waals surface area (Å²) in [6.45, 7) is 6.10. The Hall–Kier alpha value is -1.55. The molecule has 0 spiro atoms. The average Bonchev–Trinajstić information content (AvgIpc) is 2.29. The summed E-state index contributed by atoms with van der Waals surface area (Å²) in [5.41, 5.74) is 1.10. The number of hydrogen-bond acceptors (Lipinski definition) is 3. The molecule has 1 aromatic rings. The molecule has 0 aliphatic rings. The fourth-order valence-corrected chi connectivity index (χ4v) is 1.60. The summed E-state index contributed by atoms with van der Waals surface area (Å²) in [7, 11) is 1.61. The van der Waals surface area contributed by atoms with Crippen LogP contribution in [-0.4, -0.2) is 31.8 Å². The monoisotopic (exact) mass is 251 g/mol. The Morgan fingerprint density at radius 3 is 2.72 bits per heavy atom. The minimum absolute atomic E-state index is 0.0222. The highest BCUT2D eigenvalue weighted by Crippen LogP contribution is 2.14. The first-order valence-electron chi connectivity index (χ1n) is 6.05. The lowest BCUT2D eigenvalue weighted by atomic mass is 10.2. The van der Waals surface area contributed by atoms with E-state index in [0.717, 1.165) is 5.56 Å². The summed E-state index contributed by atoms with van der Waals surface area (Å²) < 4.78 is 10.5. The van der Waals surface area contributed by atoms with Crippen LogP contribution in [0.3, 0.4) is 0 Å². The minimum atomic E-state index is -0.522. The first kappa shape index (κ1) is 14.5. The van der Waals surface area contributed by atoms with E-state index in [4.69, 9.17) is 9.47 Å². The molecule has 0 aliphatic carbocycles. The lowest BCUT2D eigenvalue weighted by Crippen LogP contribution is -2.43. The highest BCUT2D eigenvalue weighted by molar-refractivity contribution is 5.80. The number of ether oxygens (including phenoxy) is 2. The van der Waals surface area contributed by atoms with Crippen LogP contribution in [0, 0.1) is 6.92 Å². The number of aryl methyl sites for hydroxylation is 1. The molecule has 1 amide bonds. The van der Waals surface area contributed by atoms with Gasteiger partial charge in [-0.05, 0) is 38.5 Å². The minimum Gasteiger partial charge on any atom is -0.481 e. The maximum atomic E-state index is 11.8. The third kappa shape index (κ3) is 4.75. The van der Waals surface area contributed by atoms with Crippen molar-refractivity contribution in [3.63, 3.8) is 0 Å². The zero-order chi connectivity index (χ0) is 13.5. The van der Waals surface area contributed by atoms with E-state index >= 15 is 0 Å². The Morgan fingerprint density at radius 1 is 1.39 bits per heavy atom. The van der Waals surface area contributed by atoms with Crippen molar-refractivity contribution in [2.45, 2.75) is 32.9 Å². The van der Waals surface area contributed by atoms with Crippen LogP contribution >= 0.6 is 0 Å². The zero-order valence-electron chi connectivity index (χ0n) is 11.4. The van der Waals surface area contributed by atoms with E-state index in [2.05, 4.69) is 5.32 Å². The van der Waals surface area contributed by atoms with Crippen LogP contribution in [0.15, 0.2) is 24.3 Å². The SMILES string of the molecule is COCC(C)NC(=O)C(C)Oc1cccc(C)c1.